The molecule has 1 aromatic carbocycles. The van der Waals surface area contributed by atoms with Crippen LogP contribution in [-0.4, -0.2) is 32.0 Å². The lowest BCUT2D eigenvalue weighted by molar-refractivity contribution is -0.0386. The molecule has 1 aromatic rings. The molecule has 1 unspecified atom stereocenters. The summed E-state index contributed by atoms with van der Waals surface area (Å²) in [6, 6.07) is 7.65. The van der Waals surface area contributed by atoms with Crippen LogP contribution in [0.1, 0.15) is 27.2 Å². The van der Waals surface area contributed by atoms with Crippen molar-refractivity contribution in [1.29, 1.82) is 0 Å². The molecule has 0 aromatic heterocycles. The molecule has 2 N–H and O–H groups in total. The van der Waals surface area contributed by atoms with Gasteiger partial charge in [-0.25, -0.2) is 0 Å². The third kappa shape index (κ3) is 5.09. The second kappa shape index (κ2) is 8.02. The highest BCUT2D eigenvalue weighted by atomic mass is 16.5. The lowest BCUT2D eigenvalue weighted by Gasteiger charge is -2.26. The zero-order valence-corrected chi connectivity index (χ0v) is 12.1. The molecule has 1 rings (SSSR count). The quantitative estimate of drug-likeness (QED) is 0.699. The molecule has 4 heteroatoms. The number of ether oxygens (including phenoxy) is 3. The fourth-order valence-electron chi connectivity index (χ4n) is 1.59. The molecule has 0 aliphatic carbocycles. The molecule has 0 bridgehead atoms. The van der Waals surface area contributed by atoms with Gasteiger partial charge in [-0.15, -0.1) is 0 Å². The summed E-state index contributed by atoms with van der Waals surface area (Å²) in [6.45, 7) is 8.17. The van der Waals surface area contributed by atoms with Crippen LogP contribution >= 0.6 is 0 Å². The summed E-state index contributed by atoms with van der Waals surface area (Å²) in [5, 5.41) is 0. The summed E-state index contributed by atoms with van der Waals surface area (Å²) in [4.78, 5) is 0. The van der Waals surface area contributed by atoms with Crippen molar-refractivity contribution in [3.05, 3.63) is 24.3 Å². The van der Waals surface area contributed by atoms with E-state index in [1.165, 1.54) is 0 Å². The van der Waals surface area contributed by atoms with E-state index < -0.39 is 0 Å². The van der Waals surface area contributed by atoms with Crippen molar-refractivity contribution in [2.45, 2.75) is 32.8 Å². The van der Waals surface area contributed by atoms with Gasteiger partial charge in [0.2, 0.25) is 0 Å². The Hall–Kier alpha value is -1.26. The van der Waals surface area contributed by atoms with E-state index in [0.717, 1.165) is 17.9 Å². The van der Waals surface area contributed by atoms with E-state index in [0.29, 0.717) is 26.4 Å². The van der Waals surface area contributed by atoms with Crippen molar-refractivity contribution in [2.24, 2.45) is 5.73 Å². The molecular weight excluding hydrogens is 242 g/mol. The van der Waals surface area contributed by atoms with Crippen molar-refractivity contribution >= 4 is 0 Å². The van der Waals surface area contributed by atoms with E-state index in [1.807, 2.05) is 38.1 Å². The standard InChI is InChI=1S/C15H25NO3/c1-4-15(3,12-16)19-11-10-18-14-9-7-6-8-13(14)17-5-2/h6-9H,4-5,10-12,16H2,1-3H3. The summed E-state index contributed by atoms with van der Waals surface area (Å²) in [6.07, 6.45) is 0.888. The van der Waals surface area contributed by atoms with E-state index in [2.05, 4.69) is 6.92 Å². The predicted molar refractivity (Wildman–Crippen MR) is 76.8 cm³/mol. The molecule has 19 heavy (non-hydrogen) atoms. The Morgan fingerprint density at radius 3 is 2.21 bits per heavy atom. The maximum absolute atomic E-state index is 5.76. The first-order valence-electron chi connectivity index (χ1n) is 6.84. The van der Waals surface area contributed by atoms with Crippen LogP contribution in [0.25, 0.3) is 0 Å². The molecule has 0 aliphatic heterocycles. The zero-order valence-electron chi connectivity index (χ0n) is 12.1. The van der Waals surface area contributed by atoms with Gasteiger partial charge in [-0.05, 0) is 32.4 Å². The van der Waals surface area contributed by atoms with Gasteiger partial charge in [0.15, 0.2) is 11.5 Å². The Bertz CT molecular complexity index is 364. The van der Waals surface area contributed by atoms with Crippen LogP contribution in [-0.2, 0) is 4.74 Å². The fraction of sp³-hybridized carbons (Fsp3) is 0.600. The van der Waals surface area contributed by atoms with E-state index in [9.17, 15) is 0 Å². The SMILES string of the molecule is CCOc1ccccc1OCCOC(C)(CC)CN. The average molecular weight is 267 g/mol. The molecule has 0 radical (unpaired) electrons. The first kappa shape index (κ1) is 15.8. The van der Waals surface area contributed by atoms with Crippen molar-refractivity contribution in [3.8, 4) is 11.5 Å². The maximum Gasteiger partial charge on any atom is 0.161 e. The molecule has 108 valence electrons. The number of rotatable bonds is 9. The average Bonchev–Trinajstić information content (AvgIpc) is 2.45. The van der Waals surface area contributed by atoms with Crippen LogP contribution in [0.15, 0.2) is 24.3 Å². The van der Waals surface area contributed by atoms with E-state index in [4.69, 9.17) is 19.9 Å². The molecule has 0 amide bonds. The highest BCUT2D eigenvalue weighted by Gasteiger charge is 2.20. The molecular formula is C15H25NO3. The van der Waals surface area contributed by atoms with Crippen LogP contribution < -0.4 is 15.2 Å². The number of para-hydroxylation sites is 2. The largest absolute Gasteiger partial charge is 0.490 e. The molecule has 1 atom stereocenters. The van der Waals surface area contributed by atoms with E-state index >= 15 is 0 Å². The zero-order chi connectivity index (χ0) is 14.1. The monoisotopic (exact) mass is 267 g/mol. The van der Waals surface area contributed by atoms with Gasteiger partial charge in [0.05, 0.1) is 18.8 Å². The Morgan fingerprint density at radius 2 is 1.68 bits per heavy atom. The van der Waals surface area contributed by atoms with Gasteiger partial charge >= 0.3 is 0 Å². The second-order valence-corrected chi connectivity index (χ2v) is 4.58. The summed E-state index contributed by atoms with van der Waals surface area (Å²) >= 11 is 0. The Labute approximate surface area is 115 Å². The first-order chi connectivity index (χ1) is 9.15. The van der Waals surface area contributed by atoms with Crippen molar-refractivity contribution in [3.63, 3.8) is 0 Å². The number of hydrogen-bond donors (Lipinski definition) is 1. The minimum Gasteiger partial charge on any atom is -0.490 e. The van der Waals surface area contributed by atoms with Gasteiger partial charge in [-0.2, -0.15) is 0 Å². The van der Waals surface area contributed by atoms with Crippen molar-refractivity contribution in [1.82, 2.24) is 0 Å². The smallest absolute Gasteiger partial charge is 0.161 e. The fourth-order valence-corrected chi connectivity index (χ4v) is 1.59. The third-order valence-electron chi connectivity index (χ3n) is 3.12. The minimum atomic E-state index is -0.261. The predicted octanol–water partition coefficient (Wildman–Crippen LogP) is 2.61. The van der Waals surface area contributed by atoms with Gasteiger partial charge in [0.1, 0.15) is 6.61 Å². The van der Waals surface area contributed by atoms with Crippen LogP contribution in [0, 0.1) is 0 Å². The van der Waals surface area contributed by atoms with Crippen LogP contribution in [0.4, 0.5) is 0 Å². The number of hydrogen-bond acceptors (Lipinski definition) is 4. The summed E-state index contributed by atoms with van der Waals surface area (Å²) in [5.74, 6) is 1.51. The number of nitrogens with two attached hydrogens (primary N) is 1. The van der Waals surface area contributed by atoms with E-state index in [1.54, 1.807) is 0 Å². The molecule has 0 saturated heterocycles. The summed E-state index contributed by atoms with van der Waals surface area (Å²) in [5.41, 5.74) is 5.43. The summed E-state index contributed by atoms with van der Waals surface area (Å²) < 4.78 is 16.9. The van der Waals surface area contributed by atoms with Gasteiger partial charge in [-0.3, -0.25) is 0 Å². The molecule has 0 spiro atoms. The van der Waals surface area contributed by atoms with Gasteiger partial charge in [0, 0.05) is 6.54 Å². The lowest BCUT2D eigenvalue weighted by atomic mass is 10.0. The third-order valence-corrected chi connectivity index (χ3v) is 3.12. The molecule has 4 nitrogen and oxygen atoms in total. The normalized spacial score (nSPS) is 13.9. The molecule has 0 aliphatic rings. The Kier molecular flexibility index (Phi) is 6.67. The second-order valence-electron chi connectivity index (χ2n) is 4.58. The number of benzene rings is 1. The van der Waals surface area contributed by atoms with Gasteiger partial charge < -0.3 is 19.9 Å². The molecule has 0 fully saturated rings. The highest BCUT2D eigenvalue weighted by molar-refractivity contribution is 5.39. The Morgan fingerprint density at radius 1 is 1.05 bits per heavy atom. The van der Waals surface area contributed by atoms with E-state index in [-0.39, 0.29) is 5.60 Å². The highest BCUT2D eigenvalue weighted by Crippen LogP contribution is 2.26. The molecule has 0 heterocycles. The van der Waals surface area contributed by atoms with Crippen LogP contribution in [0.3, 0.4) is 0 Å². The van der Waals surface area contributed by atoms with Crippen LogP contribution in [0.2, 0.25) is 0 Å². The van der Waals surface area contributed by atoms with Crippen molar-refractivity contribution in [2.75, 3.05) is 26.4 Å². The summed E-state index contributed by atoms with van der Waals surface area (Å²) in [7, 11) is 0. The van der Waals surface area contributed by atoms with Gasteiger partial charge in [-0.1, -0.05) is 19.1 Å². The molecule has 0 saturated carbocycles. The van der Waals surface area contributed by atoms with Crippen molar-refractivity contribution < 1.29 is 14.2 Å². The van der Waals surface area contributed by atoms with Crippen LogP contribution in [0.5, 0.6) is 11.5 Å². The maximum atomic E-state index is 5.76. The topological polar surface area (TPSA) is 53.7 Å². The minimum absolute atomic E-state index is 0.261. The van der Waals surface area contributed by atoms with Gasteiger partial charge in [0.25, 0.3) is 0 Å². The Balaban J connectivity index is 2.41. The first-order valence-corrected chi connectivity index (χ1v) is 6.84. The lowest BCUT2D eigenvalue weighted by Crippen LogP contribution is -2.38.